The molecule has 0 bridgehead atoms. The number of ether oxygens (including phenoxy) is 2. The molecule has 7 heteroatoms. The van der Waals surface area contributed by atoms with Crippen LogP contribution in [0, 0.1) is 5.41 Å². The number of likely N-dealkylation sites (N-methyl/N-ethyl adjacent to an activating group) is 1. The first-order valence-corrected chi connectivity index (χ1v) is 8.52. The van der Waals surface area contributed by atoms with Crippen molar-refractivity contribution >= 4 is 11.9 Å². The second-order valence-corrected chi connectivity index (χ2v) is 6.87. The number of hydrogen-bond acceptors (Lipinski definition) is 6. The van der Waals surface area contributed by atoms with Crippen molar-refractivity contribution in [2.75, 3.05) is 51.9 Å². The number of aromatic nitrogens is 2. The Morgan fingerprint density at radius 3 is 3.00 bits per heavy atom. The molecule has 0 saturated carbocycles. The normalized spacial score (nSPS) is 26.8. The van der Waals surface area contributed by atoms with E-state index in [9.17, 15) is 4.79 Å². The first kappa shape index (κ1) is 17.1. The van der Waals surface area contributed by atoms with Gasteiger partial charge in [0.2, 0.25) is 11.9 Å². The molecule has 0 spiro atoms. The number of carbonyl (C=O) groups is 1. The first-order chi connectivity index (χ1) is 11.6. The molecule has 2 aliphatic heterocycles. The fraction of sp³-hybridized carbons (Fsp3) is 0.706. The van der Waals surface area contributed by atoms with Gasteiger partial charge in [0, 0.05) is 51.6 Å². The standard InChI is InChI=1S/C17H26N4O3/c1-20(2)15(22)11-23-13-17-6-3-10-24-14(17)5-9-21(12-17)16-18-7-4-8-19-16/h4,7-8,14H,3,5-6,9-13H2,1-2H3. The van der Waals surface area contributed by atoms with Crippen LogP contribution in [0.1, 0.15) is 19.3 Å². The molecule has 1 aromatic rings. The van der Waals surface area contributed by atoms with E-state index >= 15 is 0 Å². The Morgan fingerprint density at radius 1 is 1.46 bits per heavy atom. The van der Waals surface area contributed by atoms with E-state index in [-0.39, 0.29) is 24.0 Å². The van der Waals surface area contributed by atoms with Crippen LogP contribution in [0.3, 0.4) is 0 Å². The van der Waals surface area contributed by atoms with Gasteiger partial charge < -0.3 is 19.3 Å². The molecular formula is C17H26N4O3. The maximum atomic E-state index is 11.8. The molecule has 2 fully saturated rings. The number of rotatable bonds is 5. The average molecular weight is 334 g/mol. The molecule has 2 saturated heterocycles. The van der Waals surface area contributed by atoms with Crippen molar-refractivity contribution in [1.82, 2.24) is 14.9 Å². The fourth-order valence-corrected chi connectivity index (χ4v) is 3.60. The molecule has 0 N–H and O–H groups in total. The summed E-state index contributed by atoms with van der Waals surface area (Å²) in [6.45, 7) is 3.14. The van der Waals surface area contributed by atoms with Gasteiger partial charge in [-0.3, -0.25) is 4.79 Å². The summed E-state index contributed by atoms with van der Waals surface area (Å²) < 4.78 is 11.8. The third kappa shape index (κ3) is 3.67. The topological polar surface area (TPSA) is 67.8 Å². The lowest BCUT2D eigenvalue weighted by Crippen LogP contribution is -2.57. The summed E-state index contributed by atoms with van der Waals surface area (Å²) in [6, 6.07) is 1.83. The minimum absolute atomic E-state index is 0.0151. The summed E-state index contributed by atoms with van der Waals surface area (Å²) in [7, 11) is 3.48. The Morgan fingerprint density at radius 2 is 2.25 bits per heavy atom. The van der Waals surface area contributed by atoms with E-state index in [1.54, 1.807) is 31.4 Å². The van der Waals surface area contributed by atoms with Crippen molar-refractivity contribution in [1.29, 1.82) is 0 Å². The van der Waals surface area contributed by atoms with Gasteiger partial charge in [-0.2, -0.15) is 0 Å². The van der Waals surface area contributed by atoms with Crippen LogP contribution in [0.4, 0.5) is 5.95 Å². The van der Waals surface area contributed by atoms with Gasteiger partial charge in [0.1, 0.15) is 6.61 Å². The quantitative estimate of drug-likeness (QED) is 0.799. The van der Waals surface area contributed by atoms with Gasteiger partial charge in [0.05, 0.1) is 12.7 Å². The minimum Gasteiger partial charge on any atom is -0.377 e. The lowest BCUT2D eigenvalue weighted by molar-refractivity contribution is -0.144. The summed E-state index contributed by atoms with van der Waals surface area (Å²) in [4.78, 5) is 24.3. The molecular weight excluding hydrogens is 308 g/mol. The third-order valence-corrected chi connectivity index (χ3v) is 4.94. The Kier molecular flexibility index (Phi) is 5.30. The second-order valence-electron chi connectivity index (χ2n) is 6.87. The van der Waals surface area contributed by atoms with E-state index < -0.39 is 0 Å². The zero-order valence-electron chi connectivity index (χ0n) is 14.5. The molecule has 0 aliphatic carbocycles. The molecule has 1 aromatic heterocycles. The van der Waals surface area contributed by atoms with Crippen molar-refractivity contribution in [3.05, 3.63) is 18.5 Å². The lowest BCUT2D eigenvalue weighted by atomic mass is 9.73. The van der Waals surface area contributed by atoms with Gasteiger partial charge in [0.15, 0.2) is 0 Å². The van der Waals surface area contributed by atoms with Crippen LogP contribution in [0.5, 0.6) is 0 Å². The van der Waals surface area contributed by atoms with Crippen molar-refractivity contribution in [3.63, 3.8) is 0 Å². The molecule has 3 heterocycles. The Balaban J connectivity index is 1.69. The molecule has 3 rings (SSSR count). The zero-order chi connectivity index (χ0) is 17.0. The zero-order valence-corrected chi connectivity index (χ0v) is 14.5. The summed E-state index contributed by atoms with van der Waals surface area (Å²) in [5, 5.41) is 0. The highest BCUT2D eigenvalue weighted by Gasteiger charge is 2.46. The number of fused-ring (bicyclic) bond motifs is 1. The first-order valence-electron chi connectivity index (χ1n) is 8.52. The van der Waals surface area contributed by atoms with E-state index in [1.807, 2.05) is 6.07 Å². The predicted octanol–water partition coefficient (Wildman–Crippen LogP) is 0.957. The van der Waals surface area contributed by atoms with Gasteiger partial charge in [-0.1, -0.05) is 0 Å². The summed E-state index contributed by atoms with van der Waals surface area (Å²) in [6.07, 6.45) is 6.71. The largest absolute Gasteiger partial charge is 0.377 e. The SMILES string of the molecule is CN(C)C(=O)COCC12CCCOC1CCN(c1ncccn1)C2. The Labute approximate surface area is 143 Å². The Hall–Kier alpha value is -1.73. The highest BCUT2D eigenvalue weighted by molar-refractivity contribution is 5.76. The fourth-order valence-electron chi connectivity index (χ4n) is 3.60. The number of anilines is 1. The van der Waals surface area contributed by atoms with Crippen molar-refractivity contribution < 1.29 is 14.3 Å². The molecule has 2 atom stereocenters. The number of nitrogens with zero attached hydrogens (tertiary/aromatic N) is 4. The van der Waals surface area contributed by atoms with Crippen molar-refractivity contribution in [2.45, 2.75) is 25.4 Å². The van der Waals surface area contributed by atoms with E-state index in [0.717, 1.165) is 44.9 Å². The number of hydrogen-bond donors (Lipinski definition) is 0. The molecule has 0 aromatic carbocycles. The molecule has 7 nitrogen and oxygen atoms in total. The van der Waals surface area contributed by atoms with Crippen LogP contribution in [-0.4, -0.2) is 73.9 Å². The molecule has 24 heavy (non-hydrogen) atoms. The van der Waals surface area contributed by atoms with Gasteiger partial charge in [-0.25, -0.2) is 9.97 Å². The minimum atomic E-state index is -0.0949. The summed E-state index contributed by atoms with van der Waals surface area (Å²) in [5.74, 6) is 0.740. The Bertz CT molecular complexity index is 554. The van der Waals surface area contributed by atoms with E-state index in [1.165, 1.54) is 0 Å². The van der Waals surface area contributed by atoms with Crippen LogP contribution in [-0.2, 0) is 14.3 Å². The van der Waals surface area contributed by atoms with Gasteiger partial charge in [-0.15, -0.1) is 0 Å². The number of amides is 1. The van der Waals surface area contributed by atoms with Gasteiger partial charge in [0.25, 0.3) is 0 Å². The highest BCUT2D eigenvalue weighted by atomic mass is 16.5. The monoisotopic (exact) mass is 334 g/mol. The van der Waals surface area contributed by atoms with Crippen LogP contribution in [0.15, 0.2) is 18.5 Å². The van der Waals surface area contributed by atoms with Crippen LogP contribution in [0.25, 0.3) is 0 Å². The summed E-state index contributed by atoms with van der Waals surface area (Å²) in [5.41, 5.74) is -0.0949. The molecule has 0 radical (unpaired) electrons. The maximum Gasteiger partial charge on any atom is 0.248 e. The van der Waals surface area contributed by atoms with Crippen molar-refractivity contribution in [3.8, 4) is 0 Å². The van der Waals surface area contributed by atoms with Crippen molar-refractivity contribution in [2.24, 2.45) is 5.41 Å². The molecule has 1 amide bonds. The molecule has 2 unspecified atom stereocenters. The highest BCUT2D eigenvalue weighted by Crippen LogP contribution is 2.41. The van der Waals surface area contributed by atoms with E-state index in [2.05, 4.69) is 14.9 Å². The van der Waals surface area contributed by atoms with Crippen LogP contribution >= 0.6 is 0 Å². The number of piperidine rings is 1. The van der Waals surface area contributed by atoms with Crippen LogP contribution in [0.2, 0.25) is 0 Å². The predicted molar refractivity (Wildman–Crippen MR) is 89.8 cm³/mol. The lowest BCUT2D eigenvalue weighted by Gasteiger charge is -2.50. The third-order valence-electron chi connectivity index (χ3n) is 4.94. The van der Waals surface area contributed by atoms with Gasteiger partial charge in [-0.05, 0) is 25.3 Å². The maximum absolute atomic E-state index is 11.8. The smallest absolute Gasteiger partial charge is 0.248 e. The molecule has 132 valence electrons. The average Bonchev–Trinajstić information content (AvgIpc) is 2.61. The second kappa shape index (κ2) is 7.44. The summed E-state index contributed by atoms with van der Waals surface area (Å²) >= 11 is 0. The number of carbonyl (C=O) groups excluding carboxylic acids is 1. The van der Waals surface area contributed by atoms with Gasteiger partial charge >= 0.3 is 0 Å². The van der Waals surface area contributed by atoms with E-state index in [4.69, 9.17) is 9.47 Å². The molecule has 2 aliphatic rings. The van der Waals surface area contributed by atoms with Crippen LogP contribution < -0.4 is 4.90 Å². The van der Waals surface area contributed by atoms with E-state index in [0.29, 0.717) is 6.61 Å².